The number of amides is 2. The molecule has 0 aromatic rings. The van der Waals surface area contributed by atoms with Gasteiger partial charge in [-0.3, -0.25) is 0 Å². The average molecular weight is 379 g/mol. The number of fused-ring (bicyclic) bond motifs is 1. The fourth-order valence-corrected chi connectivity index (χ4v) is 3.73. The van der Waals surface area contributed by atoms with Gasteiger partial charge in [-0.25, -0.2) is 9.59 Å². The van der Waals surface area contributed by atoms with Crippen LogP contribution in [0.3, 0.4) is 0 Å². The molecule has 2 heterocycles. The lowest BCUT2D eigenvalue weighted by Gasteiger charge is -2.52. The Morgan fingerprint density at radius 2 is 1.54 bits per heavy atom. The summed E-state index contributed by atoms with van der Waals surface area (Å²) in [5, 5.41) is 0.636. The van der Waals surface area contributed by atoms with Crippen molar-refractivity contribution in [2.45, 2.75) is 76.4 Å². The number of halogens is 3. The Balaban J connectivity index is 2.13. The summed E-state index contributed by atoms with van der Waals surface area (Å²) in [7, 11) is 0. The monoisotopic (exact) mass is 379 g/mol. The van der Waals surface area contributed by atoms with Gasteiger partial charge in [0.15, 0.2) is 0 Å². The van der Waals surface area contributed by atoms with Crippen LogP contribution in [0, 0.1) is 0 Å². The molecule has 3 fully saturated rings. The van der Waals surface area contributed by atoms with Crippen LogP contribution in [0.5, 0.6) is 0 Å². The summed E-state index contributed by atoms with van der Waals surface area (Å²) in [6, 6.07) is 0. The number of ether oxygens (including phenoxy) is 2. The van der Waals surface area contributed by atoms with Crippen molar-refractivity contribution in [2.75, 3.05) is 13.1 Å². The maximum absolute atomic E-state index is 13.5. The van der Waals surface area contributed by atoms with Gasteiger partial charge in [-0.1, -0.05) is 0 Å². The number of carbonyl (C=O) groups excluding carboxylic acids is 2. The Morgan fingerprint density at radius 1 is 1.04 bits per heavy atom. The molecular weight excluding hydrogens is 352 g/mol. The van der Waals surface area contributed by atoms with Crippen LogP contribution in [0.4, 0.5) is 22.5 Å². The molecule has 0 aromatic carbocycles. The lowest BCUT2D eigenvalue weighted by molar-refractivity contribution is 0.00435. The minimum absolute atomic E-state index is 0.102. The fourth-order valence-electron chi connectivity index (χ4n) is 3.73. The third-order valence-electron chi connectivity index (χ3n) is 4.68. The molecule has 2 aliphatic heterocycles. The van der Waals surface area contributed by atoms with Crippen LogP contribution in [-0.2, 0) is 9.47 Å². The number of alkyl carbamates (subject to hydrolysis) is 1. The highest BCUT2D eigenvalue weighted by Crippen LogP contribution is 2.69. The average Bonchev–Trinajstić information content (AvgIpc) is 2.82. The van der Waals surface area contributed by atoms with E-state index in [1.54, 1.807) is 41.5 Å². The Kier molecular flexibility index (Phi) is 4.74. The van der Waals surface area contributed by atoms with Crippen LogP contribution in [0.25, 0.3) is 0 Å². The molecular formula is C16H27BF3N2O4-. The lowest BCUT2D eigenvalue weighted by atomic mass is 9.44. The van der Waals surface area contributed by atoms with E-state index in [4.69, 9.17) is 9.47 Å². The maximum atomic E-state index is 13.5. The lowest BCUT2D eigenvalue weighted by Crippen LogP contribution is -2.59. The number of carbonyl (C=O) groups is 2. The van der Waals surface area contributed by atoms with Crippen molar-refractivity contribution in [2.24, 2.45) is 0 Å². The Labute approximate surface area is 151 Å². The summed E-state index contributed by atoms with van der Waals surface area (Å²) in [4.78, 5) is 25.4. The van der Waals surface area contributed by atoms with Gasteiger partial charge in [0.2, 0.25) is 0 Å². The summed E-state index contributed by atoms with van der Waals surface area (Å²) in [6.07, 6.45) is -1.96. The first kappa shape index (κ1) is 20.7. The molecule has 0 spiro atoms. The van der Waals surface area contributed by atoms with E-state index in [2.05, 4.69) is 5.32 Å². The molecule has 10 heteroatoms. The number of rotatable bonds is 3. The molecule has 2 saturated heterocycles. The van der Waals surface area contributed by atoms with Crippen LogP contribution in [-0.4, -0.2) is 53.9 Å². The van der Waals surface area contributed by atoms with Gasteiger partial charge in [-0.2, -0.15) is 0 Å². The molecule has 3 rings (SSSR count). The zero-order valence-electron chi connectivity index (χ0n) is 16.1. The number of nitrogens with one attached hydrogen (secondary N) is 1. The standard InChI is InChI=1S/C16H27BF3N2O4/c1-13(2,3)25-11(23)21-9-16-7-15(8-16,17(18,19)20)10-22(16)12(24)26-14(4,5)6/h7-10H2,1-6H3,(H,21,23)/q-1. The molecule has 0 atom stereocenters. The first-order valence-corrected chi connectivity index (χ1v) is 8.66. The van der Waals surface area contributed by atoms with E-state index in [-0.39, 0.29) is 19.4 Å². The Hall–Kier alpha value is -1.61. The third kappa shape index (κ3) is 4.04. The van der Waals surface area contributed by atoms with Crippen LogP contribution in [0.1, 0.15) is 54.4 Å². The molecule has 2 bridgehead atoms. The second-order valence-electron chi connectivity index (χ2n) is 9.44. The molecule has 0 aromatic heterocycles. The molecule has 0 unspecified atom stereocenters. The van der Waals surface area contributed by atoms with Gasteiger partial charge in [0.05, 0.1) is 5.54 Å². The zero-order chi connectivity index (χ0) is 20.2. The second kappa shape index (κ2) is 5.95. The van der Waals surface area contributed by atoms with Gasteiger partial charge >= 0.3 is 19.2 Å². The van der Waals surface area contributed by atoms with E-state index in [0.717, 1.165) is 4.90 Å². The number of hydrogen-bond donors (Lipinski definition) is 1. The molecule has 1 saturated carbocycles. The van der Waals surface area contributed by atoms with Crippen LogP contribution < -0.4 is 5.32 Å². The second-order valence-corrected chi connectivity index (χ2v) is 9.44. The molecule has 0 radical (unpaired) electrons. The van der Waals surface area contributed by atoms with Gasteiger partial charge in [0, 0.05) is 13.1 Å². The number of hydrogen-bond acceptors (Lipinski definition) is 4. The van der Waals surface area contributed by atoms with Crippen molar-refractivity contribution < 1.29 is 32.0 Å². The Bertz CT molecular complexity index is 590. The molecule has 1 aliphatic carbocycles. The summed E-state index contributed by atoms with van der Waals surface area (Å²) in [5.41, 5.74) is -2.63. The largest absolute Gasteiger partial charge is 0.486 e. The smallest absolute Gasteiger partial charge is 0.448 e. The topological polar surface area (TPSA) is 67.9 Å². The quantitative estimate of drug-likeness (QED) is 0.756. The molecule has 26 heavy (non-hydrogen) atoms. The van der Waals surface area contributed by atoms with Crippen molar-refractivity contribution in [1.82, 2.24) is 10.2 Å². The molecule has 6 nitrogen and oxygen atoms in total. The summed E-state index contributed by atoms with van der Waals surface area (Å²) < 4.78 is 51.0. The summed E-state index contributed by atoms with van der Waals surface area (Å²) in [6.45, 7) is 4.38. The highest BCUT2D eigenvalue weighted by molar-refractivity contribution is 6.63. The molecule has 150 valence electrons. The van der Waals surface area contributed by atoms with Crippen molar-refractivity contribution in [3.63, 3.8) is 0 Å². The van der Waals surface area contributed by atoms with Crippen LogP contribution >= 0.6 is 0 Å². The van der Waals surface area contributed by atoms with Gasteiger partial charge < -0.3 is 32.6 Å². The van der Waals surface area contributed by atoms with E-state index in [0.29, 0.717) is 0 Å². The predicted molar refractivity (Wildman–Crippen MR) is 90.9 cm³/mol. The van der Waals surface area contributed by atoms with Gasteiger partial charge in [0.1, 0.15) is 11.2 Å². The van der Waals surface area contributed by atoms with E-state index in [9.17, 15) is 22.5 Å². The van der Waals surface area contributed by atoms with Crippen molar-refractivity contribution in [3.05, 3.63) is 0 Å². The minimum atomic E-state index is -5.11. The Morgan fingerprint density at radius 3 is 1.96 bits per heavy atom. The van der Waals surface area contributed by atoms with Gasteiger partial charge in [0.25, 0.3) is 0 Å². The van der Waals surface area contributed by atoms with Crippen LogP contribution in [0.2, 0.25) is 5.31 Å². The highest BCUT2D eigenvalue weighted by atomic mass is 19.4. The fraction of sp³-hybridized carbons (Fsp3) is 0.875. The predicted octanol–water partition coefficient (Wildman–Crippen LogP) is 3.88. The van der Waals surface area contributed by atoms with E-state index in [1.165, 1.54) is 0 Å². The molecule has 2 amide bonds. The van der Waals surface area contributed by atoms with Gasteiger partial charge in [-0.05, 0) is 59.7 Å². The zero-order valence-corrected chi connectivity index (χ0v) is 16.1. The summed E-state index contributed by atoms with van der Waals surface area (Å²) in [5.74, 6) is 0. The van der Waals surface area contributed by atoms with E-state index < -0.39 is 47.8 Å². The van der Waals surface area contributed by atoms with E-state index >= 15 is 0 Å². The molecule has 3 aliphatic rings. The minimum Gasteiger partial charge on any atom is -0.448 e. The maximum Gasteiger partial charge on any atom is 0.486 e. The SMILES string of the molecule is CC(C)(C)OC(=O)NCC12CC([B-](F)(F)F)(CN1C(=O)OC(C)(C)C)C2. The van der Waals surface area contributed by atoms with Crippen molar-refractivity contribution in [1.29, 1.82) is 0 Å². The van der Waals surface area contributed by atoms with Crippen molar-refractivity contribution in [3.8, 4) is 0 Å². The normalized spacial score (nSPS) is 28.4. The van der Waals surface area contributed by atoms with Gasteiger partial charge in [-0.15, -0.1) is 0 Å². The van der Waals surface area contributed by atoms with E-state index in [1.807, 2.05) is 0 Å². The number of nitrogens with zero attached hydrogens (tertiary/aromatic N) is 1. The van der Waals surface area contributed by atoms with Crippen molar-refractivity contribution >= 4 is 19.2 Å². The summed E-state index contributed by atoms with van der Waals surface area (Å²) >= 11 is 0. The first-order chi connectivity index (χ1) is 11.5. The first-order valence-electron chi connectivity index (χ1n) is 8.66. The third-order valence-corrected chi connectivity index (χ3v) is 4.68. The van der Waals surface area contributed by atoms with Crippen LogP contribution in [0.15, 0.2) is 0 Å². The highest BCUT2D eigenvalue weighted by Gasteiger charge is 2.72. The molecule has 1 N–H and O–H groups in total.